The van der Waals surface area contributed by atoms with E-state index < -0.39 is 11.9 Å². The molecule has 0 amide bonds. The van der Waals surface area contributed by atoms with E-state index in [1.807, 2.05) is 18.2 Å². The lowest BCUT2D eigenvalue weighted by atomic mass is 9.96. The highest BCUT2D eigenvalue weighted by molar-refractivity contribution is 6.31. The number of rotatable bonds is 6. The molecule has 1 aromatic carbocycles. The van der Waals surface area contributed by atoms with Crippen LogP contribution in [0.2, 0.25) is 5.02 Å². The van der Waals surface area contributed by atoms with Crippen molar-refractivity contribution in [2.24, 2.45) is 5.92 Å². The highest BCUT2D eigenvalue weighted by Gasteiger charge is 2.21. The minimum Gasteiger partial charge on any atom is -0.481 e. The second kappa shape index (κ2) is 7.62. The second-order valence-electron chi connectivity index (χ2n) is 5.07. The van der Waals surface area contributed by atoms with E-state index in [-0.39, 0.29) is 0 Å². The number of carboxylic acids is 1. The minimum absolute atomic E-state index is 0.391. The molecule has 5 heteroatoms. The molecule has 1 fully saturated rings. The molecule has 2 rings (SSSR count). The summed E-state index contributed by atoms with van der Waals surface area (Å²) in [6.45, 7) is 4.05. The zero-order chi connectivity index (χ0) is 14.4. The number of carboxylic acid groups (broad SMARTS) is 1. The third-order valence-corrected chi connectivity index (χ3v) is 4.04. The predicted octanol–water partition coefficient (Wildman–Crippen LogP) is 2.31. The smallest absolute Gasteiger partial charge is 0.306 e. The molecule has 1 N–H and O–H groups in total. The standard InChI is InChI=1S/C15H20ClNO3/c16-14-4-2-1-3-12(14)11-13(15(18)19)5-6-17-7-9-20-10-8-17/h1-4,13H,5-11H2,(H,18,19). The first-order chi connectivity index (χ1) is 9.66. The van der Waals surface area contributed by atoms with Gasteiger partial charge >= 0.3 is 5.97 Å². The van der Waals surface area contributed by atoms with Gasteiger partial charge in [0.05, 0.1) is 19.1 Å². The number of benzene rings is 1. The molecule has 0 radical (unpaired) electrons. The van der Waals surface area contributed by atoms with Gasteiger partial charge < -0.3 is 9.84 Å². The Kier molecular flexibility index (Phi) is 5.83. The number of hydrogen-bond donors (Lipinski definition) is 1. The van der Waals surface area contributed by atoms with E-state index in [2.05, 4.69) is 4.90 Å². The average molecular weight is 298 g/mol. The summed E-state index contributed by atoms with van der Waals surface area (Å²) in [5.74, 6) is -1.14. The molecule has 1 aliphatic heterocycles. The zero-order valence-corrected chi connectivity index (χ0v) is 12.2. The fraction of sp³-hybridized carbons (Fsp3) is 0.533. The number of nitrogens with zero attached hydrogens (tertiary/aromatic N) is 1. The third kappa shape index (κ3) is 4.47. The van der Waals surface area contributed by atoms with Gasteiger partial charge in [0.15, 0.2) is 0 Å². The molecule has 1 aromatic rings. The Morgan fingerprint density at radius 2 is 2.05 bits per heavy atom. The maximum Gasteiger partial charge on any atom is 0.306 e. The number of hydrogen-bond acceptors (Lipinski definition) is 3. The summed E-state index contributed by atoms with van der Waals surface area (Å²) in [5.41, 5.74) is 0.906. The summed E-state index contributed by atoms with van der Waals surface area (Å²) >= 11 is 6.10. The van der Waals surface area contributed by atoms with Crippen molar-refractivity contribution < 1.29 is 14.6 Å². The molecule has 0 aromatic heterocycles. The maximum absolute atomic E-state index is 11.4. The van der Waals surface area contributed by atoms with Crippen molar-refractivity contribution in [1.29, 1.82) is 0 Å². The topological polar surface area (TPSA) is 49.8 Å². The van der Waals surface area contributed by atoms with E-state index in [1.165, 1.54) is 0 Å². The lowest BCUT2D eigenvalue weighted by Gasteiger charge is -2.27. The van der Waals surface area contributed by atoms with Crippen molar-refractivity contribution in [3.8, 4) is 0 Å². The van der Waals surface area contributed by atoms with E-state index in [1.54, 1.807) is 6.07 Å². The van der Waals surface area contributed by atoms with Gasteiger partial charge in [-0.25, -0.2) is 0 Å². The summed E-state index contributed by atoms with van der Waals surface area (Å²) < 4.78 is 5.29. The van der Waals surface area contributed by atoms with Crippen LogP contribution in [0.5, 0.6) is 0 Å². The highest BCUT2D eigenvalue weighted by Crippen LogP contribution is 2.21. The van der Waals surface area contributed by atoms with Gasteiger partial charge in [0.25, 0.3) is 0 Å². The van der Waals surface area contributed by atoms with E-state index in [9.17, 15) is 9.90 Å². The molecule has 20 heavy (non-hydrogen) atoms. The lowest BCUT2D eigenvalue weighted by Crippen LogP contribution is -2.38. The molecule has 1 aliphatic rings. The first-order valence-corrected chi connectivity index (χ1v) is 7.31. The van der Waals surface area contributed by atoms with E-state index in [4.69, 9.17) is 16.3 Å². The van der Waals surface area contributed by atoms with Gasteiger partial charge in [0.2, 0.25) is 0 Å². The van der Waals surface area contributed by atoms with Crippen LogP contribution in [-0.2, 0) is 16.0 Å². The molecule has 1 unspecified atom stereocenters. The Morgan fingerprint density at radius 1 is 1.35 bits per heavy atom. The highest BCUT2D eigenvalue weighted by atomic mass is 35.5. The van der Waals surface area contributed by atoms with Crippen LogP contribution in [0.3, 0.4) is 0 Å². The second-order valence-corrected chi connectivity index (χ2v) is 5.48. The molecule has 1 saturated heterocycles. The van der Waals surface area contributed by atoms with Crippen molar-refractivity contribution >= 4 is 17.6 Å². The first kappa shape index (κ1) is 15.3. The number of ether oxygens (including phenoxy) is 1. The SMILES string of the molecule is O=C(O)C(CCN1CCOCC1)Cc1ccccc1Cl. The maximum atomic E-state index is 11.4. The Balaban J connectivity index is 1.90. The fourth-order valence-electron chi connectivity index (χ4n) is 2.41. The quantitative estimate of drug-likeness (QED) is 0.875. The summed E-state index contributed by atoms with van der Waals surface area (Å²) in [7, 11) is 0. The summed E-state index contributed by atoms with van der Waals surface area (Å²) in [6.07, 6.45) is 1.12. The number of aliphatic carboxylic acids is 1. The summed E-state index contributed by atoms with van der Waals surface area (Å²) in [5, 5.41) is 10.0. The molecule has 0 bridgehead atoms. The number of morpholine rings is 1. The summed E-state index contributed by atoms with van der Waals surface area (Å²) in [4.78, 5) is 13.7. The molecule has 1 atom stereocenters. The lowest BCUT2D eigenvalue weighted by molar-refractivity contribution is -0.142. The molecule has 0 spiro atoms. The Labute approximate surface area is 124 Å². The average Bonchev–Trinajstić information content (AvgIpc) is 2.46. The van der Waals surface area contributed by atoms with Crippen LogP contribution in [0.4, 0.5) is 0 Å². The largest absolute Gasteiger partial charge is 0.481 e. The van der Waals surface area contributed by atoms with Crippen LogP contribution < -0.4 is 0 Å². The van der Waals surface area contributed by atoms with Gasteiger partial charge in [-0.1, -0.05) is 29.8 Å². The van der Waals surface area contributed by atoms with Crippen molar-refractivity contribution in [1.82, 2.24) is 4.90 Å². The van der Waals surface area contributed by atoms with Crippen molar-refractivity contribution in [2.75, 3.05) is 32.8 Å². The predicted molar refractivity (Wildman–Crippen MR) is 78.2 cm³/mol. The Bertz CT molecular complexity index is 446. The molecular formula is C15H20ClNO3. The van der Waals surface area contributed by atoms with Crippen LogP contribution in [0, 0.1) is 5.92 Å². The Hall–Kier alpha value is -1.10. The van der Waals surface area contributed by atoms with E-state index in [0.29, 0.717) is 17.9 Å². The molecule has 0 aliphatic carbocycles. The zero-order valence-electron chi connectivity index (χ0n) is 11.4. The van der Waals surface area contributed by atoms with Crippen molar-refractivity contribution in [2.45, 2.75) is 12.8 Å². The number of halogens is 1. The van der Waals surface area contributed by atoms with Gasteiger partial charge in [-0.2, -0.15) is 0 Å². The molecule has 0 saturated carbocycles. The fourth-order valence-corrected chi connectivity index (χ4v) is 2.62. The van der Waals surface area contributed by atoms with Gasteiger partial charge in [0, 0.05) is 18.1 Å². The monoisotopic (exact) mass is 297 g/mol. The van der Waals surface area contributed by atoms with Crippen molar-refractivity contribution in [3.63, 3.8) is 0 Å². The van der Waals surface area contributed by atoms with Crippen LogP contribution in [0.1, 0.15) is 12.0 Å². The van der Waals surface area contributed by atoms with Gasteiger partial charge in [-0.05, 0) is 31.0 Å². The van der Waals surface area contributed by atoms with Crippen LogP contribution in [0.15, 0.2) is 24.3 Å². The van der Waals surface area contributed by atoms with Crippen molar-refractivity contribution in [3.05, 3.63) is 34.9 Å². The van der Waals surface area contributed by atoms with Crippen LogP contribution in [-0.4, -0.2) is 48.8 Å². The van der Waals surface area contributed by atoms with Gasteiger partial charge in [0.1, 0.15) is 0 Å². The molecule has 4 nitrogen and oxygen atoms in total. The molecular weight excluding hydrogens is 278 g/mol. The van der Waals surface area contributed by atoms with E-state index in [0.717, 1.165) is 38.4 Å². The first-order valence-electron chi connectivity index (χ1n) is 6.93. The summed E-state index contributed by atoms with van der Waals surface area (Å²) in [6, 6.07) is 7.45. The van der Waals surface area contributed by atoms with Gasteiger partial charge in [-0.15, -0.1) is 0 Å². The normalized spacial score (nSPS) is 17.9. The Morgan fingerprint density at radius 3 is 2.70 bits per heavy atom. The van der Waals surface area contributed by atoms with E-state index >= 15 is 0 Å². The number of carbonyl (C=O) groups is 1. The van der Waals surface area contributed by atoms with Crippen LogP contribution >= 0.6 is 11.6 Å². The van der Waals surface area contributed by atoms with Crippen LogP contribution in [0.25, 0.3) is 0 Å². The molecule has 1 heterocycles. The van der Waals surface area contributed by atoms with Gasteiger partial charge in [-0.3, -0.25) is 9.69 Å². The third-order valence-electron chi connectivity index (χ3n) is 3.67. The molecule has 110 valence electrons. The minimum atomic E-state index is -0.752.